The van der Waals surface area contributed by atoms with Crippen molar-refractivity contribution in [1.82, 2.24) is 10.1 Å². The van der Waals surface area contributed by atoms with Gasteiger partial charge in [-0.2, -0.15) is 0 Å². The fraction of sp³-hybridized carbons (Fsp3) is 0.450. The molecule has 1 aromatic heterocycles. The third kappa shape index (κ3) is 5.71. The summed E-state index contributed by atoms with van der Waals surface area (Å²) < 4.78 is 26.6. The predicted molar refractivity (Wildman–Crippen MR) is 101 cm³/mol. The highest BCUT2D eigenvalue weighted by Crippen LogP contribution is 2.29. The van der Waals surface area contributed by atoms with Crippen molar-refractivity contribution in [2.75, 3.05) is 39.5 Å². The lowest BCUT2D eigenvalue weighted by molar-refractivity contribution is -0.137. The number of morpholine rings is 1. The Hall–Kier alpha value is -3.07. The van der Waals surface area contributed by atoms with Gasteiger partial charge in [0.15, 0.2) is 18.1 Å². The predicted octanol–water partition coefficient (Wildman–Crippen LogP) is 1.98. The van der Waals surface area contributed by atoms with Gasteiger partial charge in [-0.1, -0.05) is 5.16 Å². The van der Waals surface area contributed by atoms with Crippen molar-refractivity contribution < 1.29 is 33.1 Å². The minimum Gasteiger partial charge on any atom is -0.490 e. The van der Waals surface area contributed by atoms with Crippen LogP contribution >= 0.6 is 0 Å². The average molecular weight is 404 g/mol. The fourth-order valence-electron chi connectivity index (χ4n) is 2.77. The van der Waals surface area contributed by atoms with E-state index in [2.05, 4.69) is 5.16 Å². The third-order valence-electron chi connectivity index (χ3n) is 4.22. The second kappa shape index (κ2) is 9.92. The van der Waals surface area contributed by atoms with Crippen molar-refractivity contribution in [1.29, 1.82) is 0 Å². The first kappa shape index (κ1) is 20.7. The number of aryl methyl sites for hydroxylation is 1. The molecule has 156 valence electrons. The molecule has 0 bridgehead atoms. The van der Waals surface area contributed by atoms with Crippen molar-refractivity contribution in [3.05, 3.63) is 41.3 Å². The number of rotatable bonds is 8. The van der Waals surface area contributed by atoms with Crippen molar-refractivity contribution in [2.24, 2.45) is 0 Å². The SMILES string of the molecule is CCOc1cc(C(=O)OCc2cc(C)on2)ccc1OCC(=O)N1CCOCC1. The zero-order chi connectivity index (χ0) is 20.6. The van der Waals surface area contributed by atoms with Crippen LogP contribution in [0.15, 0.2) is 28.8 Å². The minimum absolute atomic E-state index is 0.00639. The topological polar surface area (TPSA) is 100 Å². The highest BCUT2D eigenvalue weighted by atomic mass is 16.5. The Morgan fingerprint density at radius 1 is 1.14 bits per heavy atom. The summed E-state index contributed by atoms with van der Waals surface area (Å²) in [7, 11) is 0. The average Bonchev–Trinajstić information content (AvgIpc) is 3.16. The highest BCUT2D eigenvalue weighted by Gasteiger charge is 2.19. The maximum atomic E-state index is 12.3. The van der Waals surface area contributed by atoms with Crippen LogP contribution in [0.4, 0.5) is 0 Å². The lowest BCUT2D eigenvalue weighted by Crippen LogP contribution is -2.43. The van der Waals surface area contributed by atoms with Crippen LogP contribution < -0.4 is 9.47 Å². The van der Waals surface area contributed by atoms with E-state index in [1.165, 1.54) is 6.07 Å². The molecule has 9 nitrogen and oxygen atoms in total. The molecule has 2 aromatic rings. The van der Waals surface area contributed by atoms with Gasteiger partial charge in [-0.25, -0.2) is 4.79 Å². The van der Waals surface area contributed by atoms with Gasteiger partial charge >= 0.3 is 5.97 Å². The van der Waals surface area contributed by atoms with Crippen molar-refractivity contribution in [3.63, 3.8) is 0 Å². The van der Waals surface area contributed by atoms with Crippen LogP contribution in [0, 0.1) is 6.92 Å². The standard InChI is InChI=1S/C20H24N2O7/c1-3-26-18-11-15(20(24)28-12-16-10-14(2)29-21-16)4-5-17(18)27-13-19(23)22-6-8-25-9-7-22/h4-5,10-11H,3,6-9,12-13H2,1-2H3. The normalized spacial score (nSPS) is 13.8. The Bertz CT molecular complexity index is 843. The summed E-state index contributed by atoms with van der Waals surface area (Å²) in [6.07, 6.45) is 0. The molecule has 1 amide bonds. The molecule has 1 aliphatic rings. The summed E-state index contributed by atoms with van der Waals surface area (Å²) in [5.74, 6) is 0.749. The van der Waals surface area contributed by atoms with Gasteiger partial charge in [0.2, 0.25) is 0 Å². The fourth-order valence-corrected chi connectivity index (χ4v) is 2.77. The molecule has 0 aliphatic carbocycles. The number of carbonyl (C=O) groups is 2. The number of hydrogen-bond donors (Lipinski definition) is 0. The smallest absolute Gasteiger partial charge is 0.338 e. The summed E-state index contributed by atoms with van der Waals surface area (Å²) in [4.78, 5) is 26.3. The first-order valence-corrected chi connectivity index (χ1v) is 9.41. The quantitative estimate of drug-likeness (QED) is 0.616. The van der Waals surface area contributed by atoms with Gasteiger partial charge in [-0.3, -0.25) is 4.79 Å². The van der Waals surface area contributed by atoms with E-state index in [-0.39, 0.29) is 19.1 Å². The number of benzene rings is 1. The Morgan fingerprint density at radius 2 is 1.93 bits per heavy atom. The minimum atomic E-state index is -0.525. The van der Waals surface area contributed by atoms with Gasteiger partial charge in [-0.05, 0) is 32.0 Å². The highest BCUT2D eigenvalue weighted by molar-refractivity contribution is 5.90. The molecule has 3 rings (SSSR count). The molecule has 0 unspecified atom stereocenters. The van der Waals surface area contributed by atoms with Gasteiger partial charge < -0.3 is 28.4 Å². The van der Waals surface area contributed by atoms with Gasteiger partial charge in [0.1, 0.15) is 18.1 Å². The van der Waals surface area contributed by atoms with E-state index < -0.39 is 5.97 Å². The van der Waals surface area contributed by atoms with Crippen LogP contribution in [0.2, 0.25) is 0 Å². The zero-order valence-electron chi connectivity index (χ0n) is 16.5. The molecule has 2 heterocycles. The monoisotopic (exact) mass is 404 g/mol. The molecule has 0 spiro atoms. The summed E-state index contributed by atoms with van der Waals surface area (Å²) in [6, 6.07) is 6.39. The second-order valence-corrected chi connectivity index (χ2v) is 6.38. The van der Waals surface area contributed by atoms with Crippen LogP contribution in [-0.4, -0.2) is 61.5 Å². The Morgan fingerprint density at radius 3 is 2.62 bits per heavy atom. The Labute approximate surface area is 168 Å². The van der Waals surface area contributed by atoms with Crippen LogP contribution in [0.3, 0.4) is 0 Å². The number of esters is 1. The first-order chi connectivity index (χ1) is 14.1. The van der Waals surface area contributed by atoms with Crippen LogP contribution in [0.1, 0.15) is 28.7 Å². The molecular formula is C20H24N2O7. The maximum absolute atomic E-state index is 12.3. The first-order valence-electron chi connectivity index (χ1n) is 9.41. The van der Waals surface area contributed by atoms with Crippen LogP contribution in [-0.2, 0) is 20.9 Å². The summed E-state index contributed by atoms with van der Waals surface area (Å²) >= 11 is 0. The molecule has 1 saturated heterocycles. The number of aromatic nitrogens is 1. The van der Waals surface area contributed by atoms with Gasteiger partial charge in [0.25, 0.3) is 5.91 Å². The second-order valence-electron chi connectivity index (χ2n) is 6.38. The third-order valence-corrected chi connectivity index (χ3v) is 4.22. The largest absolute Gasteiger partial charge is 0.490 e. The molecule has 1 fully saturated rings. The molecule has 1 aliphatic heterocycles. The van der Waals surface area contributed by atoms with E-state index in [4.69, 9.17) is 23.5 Å². The van der Waals surface area contributed by atoms with E-state index >= 15 is 0 Å². The van der Waals surface area contributed by atoms with E-state index in [0.29, 0.717) is 61.4 Å². The van der Waals surface area contributed by atoms with Gasteiger partial charge in [-0.15, -0.1) is 0 Å². The number of carbonyl (C=O) groups excluding carboxylic acids is 2. The Balaban J connectivity index is 1.61. The van der Waals surface area contributed by atoms with Gasteiger partial charge in [0.05, 0.1) is 25.4 Å². The molecular weight excluding hydrogens is 380 g/mol. The summed E-state index contributed by atoms with van der Waals surface area (Å²) in [6.45, 7) is 6.01. The zero-order valence-corrected chi connectivity index (χ0v) is 16.5. The number of ether oxygens (including phenoxy) is 4. The number of nitrogens with zero attached hydrogens (tertiary/aromatic N) is 2. The molecule has 0 radical (unpaired) electrons. The molecule has 0 N–H and O–H groups in total. The van der Waals surface area contributed by atoms with E-state index in [1.54, 1.807) is 30.0 Å². The molecule has 29 heavy (non-hydrogen) atoms. The van der Waals surface area contributed by atoms with E-state index in [9.17, 15) is 9.59 Å². The maximum Gasteiger partial charge on any atom is 0.338 e. The van der Waals surface area contributed by atoms with Crippen molar-refractivity contribution in [3.8, 4) is 11.5 Å². The number of amides is 1. The molecule has 0 saturated carbocycles. The van der Waals surface area contributed by atoms with E-state index in [1.807, 2.05) is 6.92 Å². The van der Waals surface area contributed by atoms with Crippen molar-refractivity contribution >= 4 is 11.9 Å². The molecule has 0 atom stereocenters. The van der Waals surface area contributed by atoms with Crippen LogP contribution in [0.25, 0.3) is 0 Å². The molecule has 9 heteroatoms. The summed E-state index contributed by atoms with van der Waals surface area (Å²) in [5, 5.41) is 3.78. The number of hydrogen-bond acceptors (Lipinski definition) is 8. The summed E-state index contributed by atoms with van der Waals surface area (Å²) in [5.41, 5.74) is 0.836. The van der Waals surface area contributed by atoms with Crippen molar-refractivity contribution in [2.45, 2.75) is 20.5 Å². The van der Waals surface area contributed by atoms with E-state index in [0.717, 1.165) is 0 Å². The van der Waals surface area contributed by atoms with Gasteiger partial charge in [0, 0.05) is 19.2 Å². The molecule has 1 aromatic carbocycles. The lowest BCUT2D eigenvalue weighted by atomic mass is 10.2. The lowest BCUT2D eigenvalue weighted by Gasteiger charge is -2.26. The Kier molecular flexibility index (Phi) is 7.07. The van der Waals surface area contributed by atoms with Crippen LogP contribution in [0.5, 0.6) is 11.5 Å².